The molecule has 0 aromatic carbocycles. The maximum Gasteiger partial charge on any atom is 0.343 e. The second kappa shape index (κ2) is 10.5. The molecule has 98 valence electrons. The SMILES string of the molecule is C=C(SCCSCC(=O)OCC)C(=O)OCC. The van der Waals surface area contributed by atoms with Crippen LogP contribution in [0.25, 0.3) is 0 Å². The van der Waals surface area contributed by atoms with Crippen LogP contribution in [0.5, 0.6) is 0 Å². The summed E-state index contributed by atoms with van der Waals surface area (Å²) in [5.41, 5.74) is 0. The number of carbonyl (C=O) groups excluding carboxylic acids is 2. The topological polar surface area (TPSA) is 52.6 Å². The number of carbonyl (C=O) groups is 2. The van der Waals surface area contributed by atoms with E-state index in [1.165, 1.54) is 23.5 Å². The van der Waals surface area contributed by atoms with Crippen LogP contribution in [-0.4, -0.2) is 42.4 Å². The summed E-state index contributed by atoms with van der Waals surface area (Å²) < 4.78 is 9.57. The molecule has 17 heavy (non-hydrogen) atoms. The normalized spacial score (nSPS) is 9.76. The second-order valence-corrected chi connectivity index (χ2v) is 5.14. The lowest BCUT2D eigenvalue weighted by atomic mass is 10.6. The van der Waals surface area contributed by atoms with Gasteiger partial charge in [0, 0.05) is 11.5 Å². The minimum atomic E-state index is -0.368. The van der Waals surface area contributed by atoms with E-state index in [9.17, 15) is 9.59 Å². The zero-order valence-electron chi connectivity index (χ0n) is 10.2. The molecule has 0 rings (SSSR count). The summed E-state index contributed by atoms with van der Waals surface area (Å²) in [6.07, 6.45) is 0. The summed E-state index contributed by atoms with van der Waals surface area (Å²) >= 11 is 2.83. The Bertz CT molecular complexity index is 266. The van der Waals surface area contributed by atoms with Gasteiger partial charge in [0.25, 0.3) is 0 Å². The minimum absolute atomic E-state index is 0.202. The van der Waals surface area contributed by atoms with E-state index < -0.39 is 0 Å². The first kappa shape index (κ1) is 16.4. The van der Waals surface area contributed by atoms with Gasteiger partial charge in [0.2, 0.25) is 0 Å². The van der Waals surface area contributed by atoms with Crippen molar-refractivity contribution in [2.75, 3.05) is 30.5 Å². The van der Waals surface area contributed by atoms with Gasteiger partial charge in [-0.2, -0.15) is 0 Å². The third-order valence-electron chi connectivity index (χ3n) is 1.53. The lowest BCUT2D eigenvalue weighted by Crippen LogP contribution is -2.08. The molecule has 0 unspecified atom stereocenters. The van der Waals surface area contributed by atoms with Gasteiger partial charge in [-0.25, -0.2) is 4.79 Å². The van der Waals surface area contributed by atoms with Crippen molar-refractivity contribution >= 4 is 35.5 Å². The number of hydrogen-bond acceptors (Lipinski definition) is 6. The average Bonchev–Trinajstić information content (AvgIpc) is 2.29. The fraction of sp³-hybridized carbons (Fsp3) is 0.636. The fourth-order valence-corrected chi connectivity index (χ4v) is 2.47. The van der Waals surface area contributed by atoms with E-state index in [4.69, 9.17) is 9.47 Å². The lowest BCUT2D eigenvalue weighted by Gasteiger charge is -2.04. The molecule has 0 spiro atoms. The highest BCUT2D eigenvalue weighted by Gasteiger charge is 2.08. The van der Waals surface area contributed by atoms with Gasteiger partial charge in [0.1, 0.15) is 0 Å². The van der Waals surface area contributed by atoms with Crippen LogP contribution in [0.3, 0.4) is 0 Å². The lowest BCUT2D eigenvalue weighted by molar-refractivity contribution is -0.140. The molecule has 0 atom stereocenters. The van der Waals surface area contributed by atoms with Gasteiger partial charge >= 0.3 is 11.9 Å². The van der Waals surface area contributed by atoms with Crippen LogP contribution in [0, 0.1) is 0 Å². The standard InChI is InChI=1S/C11H18O4S2/c1-4-14-10(12)8-16-6-7-17-9(3)11(13)15-5-2/h3-8H2,1-2H3. The van der Waals surface area contributed by atoms with Crippen molar-refractivity contribution < 1.29 is 19.1 Å². The number of thioether (sulfide) groups is 2. The van der Waals surface area contributed by atoms with Crippen molar-refractivity contribution in [3.05, 3.63) is 11.5 Å². The molecule has 0 aromatic rings. The van der Waals surface area contributed by atoms with E-state index in [-0.39, 0.29) is 11.9 Å². The Morgan fingerprint density at radius 1 is 1.12 bits per heavy atom. The Labute approximate surface area is 110 Å². The van der Waals surface area contributed by atoms with Gasteiger partial charge in [-0.15, -0.1) is 23.5 Å². The molecule has 6 heteroatoms. The second-order valence-electron chi connectivity index (χ2n) is 2.85. The molecule has 4 nitrogen and oxygen atoms in total. The molecular formula is C11H18O4S2. The molecule has 0 saturated carbocycles. The minimum Gasteiger partial charge on any atom is -0.465 e. The van der Waals surface area contributed by atoms with Gasteiger partial charge in [-0.1, -0.05) is 6.58 Å². The maximum absolute atomic E-state index is 11.2. The summed E-state index contributed by atoms with van der Waals surface area (Å²) in [5.74, 6) is 1.27. The predicted octanol–water partition coefficient (Wildman–Crippen LogP) is 2.09. The van der Waals surface area contributed by atoms with Gasteiger partial charge in [0.15, 0.2) is 0 Å². The summed E-state index contributed by atoms with van der Waals surface area (Å²) in [5, 5.41) is 0. The molecule has 0 fully saturated rings. The molecule has 0 radical (unpaired) electrons. The fourth-order valence-electron chi connectivity index (χ4n) is 0.852. The first-order valence-corrected chi connectivity index (χ1v) is 7.48. The van der Waals surface area contributed by atoms with Crippen molar-refractivity contribution in [1.29, 1.82) is 0 Å². The van der Waals surface area contributed by atoms with E-state index in [0.717, 1.165) is 11.5 Å². The molecule has 0 N–H and O–H groups in total. The molecule has 0 aromatic heterocycles. The maximum atomic E-state index is 11.2. The molecule has 0 aliphatic heterocycles. The van der Waals surface area contributed by atoms with Gasteiger partial charge < -0.3 is 9.47 Å². The van der Waals surface area contributed by atoms with Gasteiger partial charge in [-0.05, 0) is 13.8 Å². The van der Waals surface area contributed by atoms with Crippen LogP contribution in [0.4, 0.5) is 0 Å². The molecule has 0 amide bonds. The third kappa shape index (κ3) is 9.12. The quantitative estimate of drug-likeness (QED) is 0.366. The summed E-state index contributed by atoms with van der Waals surface area (Å²) in [6.45, 7) is 7.93. The van der Waals surface area contributed by atoms with Gasteiger partial charge in [0.05, 0.1) is 23.9 Å². The zero-order chi connectivity index (χ0) is 13.1. The summed E-state index contributed by atoms with van der Waals surface area (Å²) in [4.78, 5) is 22.6. The van der Waals surface area contributed by atoms with Crippen LogP contribution in [0.2, 0.25) is 0 Å². The van der Waals surface area contributed by atoms with Crippen LogP contribution >= 0.6 is 23.5 Å². The monoisotopic (exact) mass is 278 g/mol. The predicted molar refractivity (Wildman–Crippen MR) is 72.2 cm³/mol. The number of rotatable bonds is 9. The molecule has 0 aliphatic carbocycles. The largest absolute Gasteiger partial charge is 0.465 e. The smallest absolute Gasteiger partial charge is 0.343 e. The first-order valence-electron chi connectivity index (χ1n) is 5.34. The summed E-state index contributed by atoms with van der Waals surface area (Å²) in [6, 6.07) is 0. The van der Waals surface area contributed by atoms with Crippen LogP contribution in [0.15, 0.2) is 11.5 Å². The van der Waals surface area contributed by atoms with Crippen molar-refractivity contribution in [3.63, 3.8) is 0 Å². The molecule has 0 aliphatic rings. The van der Waals surface area contributed by atoms with Crippen LogP contribution < -0.4 is 0 Å². The zero-order valence-corrected chi connectivity index (χ0v) is 11.8. The molecule has 0 bridgehead atoms. The van der Waals surface area contributed by atoms with E-state index in [0.29, 0.717) is 23.9 Å². The molecular weight excluding hydrogens is 260 g/mol. The Kier molecular flexibility index (Phi) is 10.1. The van der Waals surface area contributed by atoms with Crippen molar-refractivity contribution in [2.24, 2.45) is 0 Å². The Hall–Kier alpha value is -0.620. The van der Waals surface area contributed by atoms with Crippen LogP contribution in [-0.2, 0) is 19.1 Å². The third-order valence-corrected chi connectivity index (χ3v) is 3.65. The van der Waals surface area contributed by atoms with Crippen molar-refractivity contribution in [1.82, 2.24) is 0 Å². The van der Waals surface area contributed by atoms with Crippen molar-refractivity contribution in [3.8, 4) is 0 Å². The summed E-state index contributed by atoms with van der Waals surface area (Å²) in [7, 11) is 0. The molecule has 0 saturated heterocycles. The molecule has 0 heterocycles. The van der Waals surface area contributed by atoms with E-state index in [2.05, 4.69) is 6.58 Å². The van der Waals surface area contributed by atoms with Crippen LogP contribution in [0.1, 0.15) is 13.8 Å². The number of hydrogen-bond donors (Lipinski definition) is 0. The highest BCUT2D eigenvalue weighted by Crippen LogP contribution is 2.16. The van der Waals surface area contributed by atoms with E-state index in [1.54, 1.807) is 13.8 Å². The van der Waals surface area contributed by atoms with E-state index in [1.807, 2.05) is 0 Å². The Morgan fingerprint density at radius 2 is 1.76 bits per heavy atom. The number of ether oxygens (including phenoxy) is 2. The average molecular weight is 278 g/mol. The Balaban J connectivity index is 3.48. The number of esters is 2. The van der Waals surface area contributed by atoms with E-state index >= 15 is 0 Å². The first-order chi connectivity index (χ1) is 8.11. The van der Waals surface area contributed by atoms with Gasteiger partial charge in [-0.3, -0.25) is 4.79 Å². The highest BCUT2D eigenvalue weighted by molar-refractivity contribution is 8.06. The Morgan fingerprint density at radius 3 is 2.35 bits per heavy atom. The highest BCUT2D eigenvalue weighted by atomic mass is 32.2. The van der Waals surface area contributed by atoms with Crippen molar-refractivity contribution in [2.45, 2.75) is 13.8 Å².